The molecule has 0 bridgehead atoms. The first-order valence-corrected chi connectivity index (χ1v) is 10.1. The number of pyridine rings is 1. The molecule has 0 fully saturated rings. The zero-order valence-corrected chi connectivity index (χ0v) is 17.2. The van der Waals surface area contributed by atoms with Crippen molar-refractivity contribution in [2.45, 2.75) is 31.7 Å². The van der Waals surface area contributed by atoms with Crippen molar-refractivity contribution in [3.8, 4) is 0 Å². The molecule has 32 heavy (non-hydrogen) atoms. The molecule has 0 saturated carbocycles. The first kappa shape index (κ1) is 23.2. The molecule has 2 N–H and O–H groups in total. The Kier molecular flexibility index (Phi) is 7.81. The van der Waals surface area contributed by atoms with Gasteiger partial charge in [-0.1, -0.05) is 54.6 Å². The lowest BCUT2D eigenvalue weighted by Crippen LogP contribution is -2.39. The second kappa shape index (κ2) is 10.7. The molecule has 0 spiro atoms. The molecule has 3 aromatic rings. The summed E-state index contributed by atoms with van der Waals surface area (Å²) in [5.74, 6) is 0. The van der Waals surface area contributed by atoms with E-state index in [9.17, 15) is 22.4 Å². The maximum absolute atomic E-state index is 13.6. The Morgan fingerprint density at radius 3 is 2.31 bits per heavy atom. The molecular formula is C24H23F4N3O. The lowest BCUT2D eigenvalue weighted by Gasteiger charge is -2.22. The number of nitrogens with zero attached hydrogens (tertiary/aromatic N) is 1. The zero-order valence-electron chi connectivity index (χ0n) is 17.2. The average Bonchev–Trinajstić information content (AvgIpc) is 2.80. The fraction of sp³-hybridized carbons (Fsp3) is 0.250. The third kappa shape index (κ3) is 6.29. The highest BCUT2D eigenvalue weighted by atomic mass is 19.4. The normalized spacial score (nSPS) is 12.2. The summed E-state index contributed by atoms with van der Waals surface area (Å²) in [6, 6.07) is 16.0. The molecule has 0 aliphatic rings. The summed E-state index contributed by atoms with van der Waals surface area (Å²) in [5, 5.41) is 5.28. The molecule has 1 heterocycles. The van der Waals surface area contributed by atoms with Crippen LogP contribution >= 0.6 is 0 Å². The number of urea groups is 1. The van der Waals surface area contributed by atoms with Crippen molar-refractivity contribution < 1.29 is 22.4 Å². The highest BCUT2D eigenvalue weighted by Gasteiger charge is 2.36. The Bertz CT molecular complexity index is 1010. The van der Waals surface area contributed by atoms with Gasteiger partial charge in [-0.05, 0) is 41.7 Å². The number of benzene rings is 2. The van der Waals surface area contributed by atoms with Gasteiger partial charge in [0.05, 0.1) is 17.3 Å². The molecule has 1 atom stereocenters. The van der Waals surface area contributed by atoms with Crippen molar-refractivity contribution in [1.29, 1.82) is 0 Å². The molecule has 0 radical (unpaired) electrons. The smallest absolute Gasteiger partial charge is 0.338 e. The number of hydrogen-bond donors (Lipinski definition) is 2. The quantitative estimate of drug-likeness (QED) is 0.351. The van der Waals surface area contributed by atoms with Gasteiger partial charge in [0.25, 0.3) is 0 Å². The molecule has 0 aliphatic carbocycles. The van der Waals surface area contributed by atoms with E-state index in [-0.39, 0.29) is 5.69 Å². The summed E-state index contributed by atoms with van der Waals surface area (Å²) >= 11 is 0. The van der Waals surface area contributed by atoms with Crippen molar-refractivity contribution in [3.05, 3.63) is 101 Å². The van der Waals surface area contributed by atoms with Crippen LogP contribution in [0.25, 0.3) is 0 Å². The summed E-state index contributed by atoms with van der Waals surface area (Å²) in [6.45, 7) is -0.347. The number of carbonyl (C=O) groups is 1. The third-order valence-electron chi connectivity index (χ3n) is 4.93. The van der Waals surface area contributed by atoms with Crippen LogP contribution in [0.1, 0.15) is 40.4 Å². The standard InChI is InChI=1S/C24H23F4N3O/c25-16-18-10-12-19(13-11-18)21(22-20(24(26,27)28)9-5-14-29-22)31-23(32)30-15-4-8-17-6-2-1-3-7-17/h1-3,5-7,9-14,21H,4,8,15-16H2,(H2,30,31,32)/t21-/m0/s1. The monoisotopic (exact) mass is 445 g/mol. The van der Waals surface area contributed by atoms with Gasteiger partial charge in [0, 0.05) is 12.7 Å². The van der Waals surface area contributed by atoms with E-state index < -0.39 is 30.5 Å². The van der Waals surface area contributed by atoms with E-state index in [4.69, 9.17) is 0 Å². The minimum Gasteiger partial charge on any atom is -0.338 e. The molecule has 1 aromatic heterocycles. The maximum atomic E-state index is 13.6. The van der Waals surface area contributed by atoms with Crippen molar-refractivity contribution >= 4 is 6.03 Å². The Balaban J connectivity index is 1.75. The van der Waals surface area contributed by atoms with Crippen LogP contribution in [0.5, 0.6) is 0 Å². The fourth-order valence-electron chi connectivity index (χ4n) is 3.32. The van der Waals surface area contributed by atoms with Crippen LogP contribution < -0.4 is 10.6 Å². The predicted molar refractivity (Wildman–Crippen MR) is 114 cm³/mol. The van der Waals surface area contributed by atoms with Gasteiger partial charge in [0.15, 0.2) is 0 Å². The van der Waals surface area contributed by atoms with Crippen molar-refractivity contribution in [1.82, 2.24) is 15.6 Å². The van der Waals surface area contributed by atoms with E-state index in [0.717, 1.165) is 18.1 Å². The summed E-state index contributed by atoms with van der Waals surface area (Å²) in [7, 11) is 0. The number of rotatable bonds is 8. The van der Waals surface area contributed by atoms with E-state index in [1.54, 1.807) is 0 Å². The summed E-state index contributed by atoms with van der Waals surface area (Å²) in [5.41, 5.74) is 0.612. The Morgan fingerprint density at radius 1 is 0.938 bits per heavy atom. The zero-order chi connectivity index (χ0) is 23.0. The lowest BCUT2D eigenvalue weighted by atomic mass is 9.98. The number of amides is 2. The van der Waals surface area contributed by atoms with Crippen molar-refractivity contribution in [2.75, 3.05) is 6.54 Å². The minimum absolute atomic E-state index is 0.326. The molecule has 2 amide bonds. The van der Waals surface area contributed by atoms with Gasteiger partial charge in [-0.2, -0.15) is 13.2 Å². The van der Waals surface area contributed by atoms with Crippen molar-refractivity contribution in [3.63, 3.8) is 0 Å². The first-order chi connectivity index (χ1) is 15.4. The third-order valence-corrected chi connectivity index (χ3v) is 4.93. The highest BCUT2D eigenvalue weighted by Crippen LogP contribution is 2.35. The highest BCUT2D eigenvalue weighted by molar-refractivity contribution is 5.75. The number of halogens is 4. The van der Waals surface area contributed by atoms with Crippen LogP contribution in [-0.4, -0.2) is 17.6 Å². The minimum atomic E-state index is -4.64. The topological polar surface area (TPSA) is 54.0 Å². The molecule has 2 aromatic carbocycles. The predicted octanol–water partition coefficient (Wildman–Crippen LogP) is 5.59. The van der Waals surface area contributed by atoms with E-state index in [1.165, 1.54) is 36.5 Å². The molecule has 168 valence electrons. The largest absolute Gasteiger partial charge is 0.418 e. The summed E-state index contributed by atoms with van der Waals surface area (Å²) < 4.78 is 53.6. The molecule has 0 unspecified atom stereocenters. The van der Waals surface area contributed by atoms with E-state index in [1.807, 2.05) is 30.3 Å². The van der Waals surface area contributed by atoms with Crippen LogP contribution in [0.3, 0.4) is 0 Å². The first-order valence-electron chi connectivity index (χ1n) is 10.1. The second-order valence-corrected chi connectivity index (χ2v) is 7.23. The number of hydrogen-bond acceptors (Lipinski definition) is 2. The van der Waals surface area contributed by atoms with Gasteiger partial charge in [0.1, 0.15) is 6.67 Å². The molecule has 3 rings (SSSR count). The number of alkyl halides is 4. The van der Waals surface area contributed by atoms with Gasteiger partial charge in [0.2, 0.25) is 0 Å². The molecule has 0 aliphatic heterocycles. The number of nitrogens with one attached hydrogen (secondary N) is 2. The van der Waals surface area contributed by atoms with Crippen LogP contribution in [0, 0.1) is 0 Å². The van der Waals surface area contributed by atoms with Crippen LogP contribution in [0.4, 0.5) is 22.4 Å². The van der Waals surface area contributed by atoms with E-state index >= 15 is 0 Å². The molecule has 8 heteroatoms. The molecule has 4 nitrogen and oxygen atoms in total. The Morgan fingerprint density at radius 2 is 1.66 bits per heavy atom. The van der Waals surface area contributed by atoms with Crippen LogP contribution in [-0.2, 0) is 19.3 Å². The number of carbonyl (C=O) groups excluding carboxylic acids is 1. The average molecular weight is 445 g/mol. The Labute approximate surface area is 183 Å². The lowest BCUT2D eigenvalue weighted by molar-refractivity contribution is -0.138. The van der Waals surface area contributed by atoms with Gasteiger partial charge in [-0.3, -0.25) is 4.98 Å². The van der Waals surface area contributed by atoms with Crippen LogP contribution in [0.15, 0.2) is 72.9 Å². The van der Waals surface area contributed by atoms with Gasteiger partial charge < -0.3 is 10.6 Å². The molecule has 0 saturated heterocycles. The SMILES string of the molecule is O=C(NCCCc1ccccc1)N[C@@H](c1ccc(CF)cc1)c1ncccc1C(F)(F)F. The number of aryl methyl sites for hydroxylation is 1. The number of aromatic nitrogens is 1. The Hall–Kier alpha value is -3.42. The van der Waals surface area contributed by atoms with E-state index in [0.29, 0.717) is 24.1 Å². The summed E-state index contributed by atoms with van der Waals surface area (Å²) in [4.78, 5) is 16.4. The molecular weight excluding hydrogens is 422 g/mol. The van der Waals surface area contributed by atoms with Gasteiger partial charge >= 0.3 is 12.2 Å². The van der Waals surface area contributed by atoms with Crippen molar-refractivity contribution in [2.24, 2.45) is 0 Å². The summed E-state index contributed by atoms with van der Waals surface area (Å²) in [6.07, 6.45) is -1.97. The van der Waals surface area contributed by atoms with Gasteiger partial charge in [-0.15, -0.1) is 0 Å². The maximum Gasteiger partial charge on any atom is 0.418 e. The van der Waals surface area contributed by atoms with Gasteiger partial charge in [-0.25, -0.2) is 9.18 Å². The van der Waals surface area contributed by atoms with Crippen LogP contribution in [0.2, 0.25) is 0 Å². The fourth-order valence-corrected chi connectivity index (χ4v) is 3.32. The second-order valence-electron chi connectivity index (χ2n) is 7.23. The van der Waals surface area contributed by atoms with E-state index in [2.05, 4.69) is 15.6 Å².